The Balaban J connectivity index is 1.93. The second kappa shape index (κ2) is 5.56. The number of hydrogen-bond acceptors (Lipinski definition) is 2. The smallest absolute Gasteiger partial charge is 0.0825 e. The van der Waals surface area contributed by atoms with Gasteiger partial charge in [-0.3, -0.25) is 4.68 Å². The number of nitrogens with one attached hydrogen (secondary N) is 1. The minimum absolute atomic E-state index is 0.648. The molecule has 17 heavy (non-hydrogen) atoms. The summed E-state index contributed by atoms with van der Waals surface area (Å²) in [5.74, 6) is 0.955. The van der Waals surface area contributed by atoms with Crippen molar-refractivity contribution in [3.63, 3.8) is 0 Å². The predicted molar refractivity (Wildman–Crippen MR) is 72.2 cm³/mol. The number of nitrogens with zero attached hydrogens (tertiary/aromatic N) is 2. The number of anilines is 1. The van der Waals surface area contributed by atoms with Gasteiger partial charge in [-0.25, -0.2) is 0 Å². The summed E-state index contributed by atoms with van der Waals surface area (Å²) in [5.41, 5.74) is 2.33. The van der Waals surface area contributed by atoms with E-state index in [0.717, 1.165) is 11.6 Å². The Bertz CT molecular complexity index is 356. The van der Waals surface area contributed by atoms with E-state index in [9.17, 15) is 0 Å². The van der Waals surface area contributed by atoms with Crippen molar-refractivity contribution in [1.29, 1.82) is 0 Å². The topological polar surface area (TPSA) is 29.9 Å². The van der Waals surface area contributed by atoms with E-state index in [0.29, 0.717) is 6.04 Å². The average molecular weight is 235 g/mol. The van der Waals surface area contributed by atoms with E-state index in [4.69, 9.17) is 0 Å². The van der Waals surface area contributed by atoms with E-state index < -0.39 is 0 Å². The van der Waals surface area contributed by atoms with Crippen LogP contribution in [0.5, 0.6) is 0 Å². The lowest BCUT2D eigenvalue weighted by Gasteiger charge is -2.17. The molecule has 3 heteroatoms. The minimum Gasteiger partial charge on any atom is -0.380 e. The molecule has 1 N–H and O–H groups in total. The van der Waals surface area contributed by atoms with E-state index in [1.165, 1.54) is 44.2 Å². The summed E-state index contributed by atoms with van der Waals surface area (Å²) in [4.78, 5) is 0. The normalized spacial score (nSPS) is 25.6. The first-order chi connectivity index (χ1) is 8.19. The highest BCUT2D eigenvalue weighted by Crippen LogP contribution is 2.27. The Morgan fingerprint density at radius 3 is 2.82 bits per heavy atom. The van der Waals surface area contributed by atoms with Gasteiger partial charge < -0.3 is 5.32 Å². The fourth-order valence-corrected chi connectivity index (χ4v) is 2.89. The molecular formula is C14H25N3. The third-order valence-electron chi connectivity index (χ3n) is 4.04. The average Bonchev–Trinajstić information content (AvgIpc) is 2.53. The van der Waals surface area contributed by atoms with Crippen molar-refractivity contribution < 1.29 is 0 Å². The maximum Gasteiger partial charge on any atom is 0.0825 e. The summed E-state index contributed by atoms with van der Waals surface area (Å²) in [6, 6.07) is 0.648. The van der Waals surface area contributed by atoms with E-state index in [-0.39, 0.29) is 0 Å². The fourth-order valence-electron chi connectivity index (χ4n) is 2.89. The van der Waals surface area contributed by atoms with Crippen LogP contribution in [-0.2, 0) is 7.05 Å². The van der Waals surface area contributed by atoms with Crippen LogP contribution in [0.2, 0.25) is 0 Å². The van der Waals surface area contributed by atoms with E-state index in [1.807, 2.05) is 11.7 Å². The molecule has 2 atom stereocenters. The van der Waals surface area contributed by atoms with Crippen molar-refractivity contribution in [3.05, 3.63) is 11.9 Å². The lowest BCUT2D eigenvalue weighted by atomic mass is 9.98. The number of hydrogen-bond donors (Lipinski definition) is 1. The van der Waals surface area contributed by atoms with Gasteiger partial charge in [0.2, 0.25) is 0 Å². The molecule has 3 nitrogen and oxygen atoms in total. The molecule has 0 amide bonds. The highest BCUT2D eigenvalue weighted by molar-refractivity contribution is 5.46. The highest BCUT2D eigenvalue weighted by Gasteiger charge is 2.18. The zero-order valence-corrected chi connectivity index (χ0v) is 11.4. The molecule has 96 valence electrons. The van der Waals surface area contributed by atoms with Crippen LogP contribution in [0.4, 0.5) is 5.69 Å². The molecule has 1 aromatic rings. The molecule has 1 heterocycles. The van der Waals surface area contributed by atoms with Gasteiger partial charge in [-0.2, -0.15) is 5.10 Å². The van der Waals surface area contributed by atoms with Crippen LogP contribution in [0, 0.1) is 12.8 Å². The van der Waals surface area contributed by atoms with Crippen LogP contribution in [0.25, 0.3) is 0 Å². The Labute approximate surface area is 105 Å². The standard InChI is InChI=1S/C14H25N3/c1-4-12-6-5-7-13(9-8-12)15-14-10-17(3)16-11(14)2/h10,12-13,15H,4-9H2,1-3H3. The van der Waals surface area contributed by atoms with Crippen LogP contribution < -0.4 is 5.32 Å². The van der Waals surface area contributed by atoms with Crippen LogP contribution in [0.3, 0.4) is 0 Å². The fraction of sp³-hybridized carbons (Fsp3) is 0.786. The largest absolute Gasteiger partial charge is 0.380 e. The first-order valence-corrected chi connectivity index (χ1v) is 6.95. The summed E-state index contributed by atoms with van der Waals surface area (Å²) >= 11 is 0. The van der Waals surface area contributed by atoms with Gasteiger partial charge in [0, 0.05) is 19.3 Å². The molecule has 0 radical (unpaired) electrons. The molecule has 0 spiro atoms. The molecule has 0 saturated heterocycles. The third-order valence-corrected chi connectivity index (χ3v) is 4.04. The second-order valence-electron chi connectivity index (χ2n) is 5.43. The minimum atomic E-state index is 0.648. The Hall–Kier alpha value is -0.990. The number of rotatable bonds is 3. The van der Waals surface area contributed by atoms with Gasteiger partial charge >= 0.3 is 0 Å². The van der Waals surface area contributed by atoms with Crippen LogP contribution in [0.1, 0.15) is 51.1 Å². The monoisotopic (exact) mass is 235 g/mol. The van der Waals surface area contributed by atoms with Crippen molar-refractivity contribution in [1.82, 2.24) is 9.78 Å². The molecule has 1 aliphatic carbocycles. The van der Waals surface area contributed by atoms with Crippen molar-refractivity contribution >= 4 is 5.69 Å². The quantitative estimate of drug-likeness (QED) is 0.813. The molecule has 0 bridgehead atoms. The van der Waals surface area contributed by atoms with Crippen molar-refractivity contribution in [3.8, 4) is 0 Å². The summed E-state index contributed by atoms with van der Waals surface area (Å²) in [5, 5.41) is 8.06. The maximum atomic E-state index is 4.39. The van der Waals surface area contributed by atoms with Crippen molar-refractivity contribution in [2.24, 2.45) is 13.0 Å². The van der Waals surface area contributed by atoms with Crippen molar-refractivity contribution in [2.75, 3.05) is 5.32 Å². The van der Waals surface area contributed by atoms with E-state index in [1.54, 1.807) is 0 Å². The van der Waals surface area contributed by atoms with Gasteiger partial charge in [0.15, 0.2) is 0 Å². The molecule has 1 aliphatic rings. The maximum absolute atomic E-state index is 4.39. The van der Waals surface area contributed by atoms with Crippen molar-refractivity contribution in [2.45, 2.75) is 58.4 Å². The predicted octanol–water partition coefficient (Wildman–Crippen LogP) is 3.50. The molecule has 1 fully saturated rings. The van der Waals surface area contributed by atoms with E-state index >= 15 is 0 Å². The van der Waals surface area contributed by atoms with Gasteiger partial charge in [-0.15, -0.1) is 0 Å². The zero-order chi connectivity index (χ0) is 12.3. The molecule has 1 saturated carbocycles. The molecule has 0 aromatic carbocycles. The third kappa shape index (κ3) is 3.24. The second-order valence-corrected chi connectivity index (χ2v) is 5.43. The Morgan fingerprint density at radius 2 is 2.18 bits per heavy atom. The highest BCUT2D eigenvalue weighted by atomic mass is 15.3. The summed E-state index contributed by atoms with van der Waals surface area (Å²) in [6.07, 6.45) is 10.2. The lowest BCUT2D eigenvalue weighted by Crippen LogP contribution is -2.18. The number of aromatic nitrogens is 2. The van der Waals surface area contributed by atoms with Crippen LogP contribution >= 0.6 is 0 Å². The van der Waals surface area contributed by atoms with E-state index in [2.05, 4.69) is 30.5 Å². The zero-order valence-electron chi connectivity index (χ0n) is 11.4. The van der Waals surface area contributed by atoms with Gasteiger partial charge in [-0.1, -0.05) is 26.2 Å². The lowest BCUT2D eigenvalue weighted by molar-refractivity contribution is 0.444. The molecule has 1 aromatic heterocycles. The summed E-state index contributed by atoms with van der Waals surface area (Å²) in [6.45, 7) is 4.40. The summed E-state index contributed by atoms with van der Waals surface area (Å²) < 4.78 is 1.89. The van der Waals surface area contributed by atoms with Gasteiger partial charge in [0.1, 0.15) is 0 Å². The van der Waals surface area contributed by atoms with Crippen LogP contribution in [-0.4, -0.2) is 15.8 Å². The first-order valence-electron chi connectivity index (χ1n) is 6.95. The Kier molecular flexibility index (Phi) is 4.08. The number of aryl methyl sites for hydroxylation is 2. The molecule has 2 rings (SSSR count). The van der Waals surface area contributed by atoms with Gasteiger partial charge in [-0.05, 0) is 32.1 Å². The van der Waals surface area contributed by atoms with Gasteiger partial charge in [0.05, 0.1) is 11.4 Å². The first kappa shape index (κ1) is 12.5. The summed E-state index contributed by atoms with van der Waals surface area (Å²) in [7, 11) is 1.98. The SMILES string of the molecule is CCC1CCCC(Nc2cn(C)nc2C)CC1. The molecule has 2 unspecified atom stereocenters. The Morgan fingerprint density at radius 1 is 1.35 bits per heavy atom. The molecule has 0 aliphatic heterocycles. The van der Waals surface area contributed by atoms with Crippen LogP contribution in [0.15, 0.2) is 6.20 Å². The molecular weight excluding hydrogens is 210 g/mol. The van der Waals surface area contributed by atoms with Gasteiger partial charge in [0.25, 0.3) is 0 Å².